The van der Waals surface area contributed by atoms with Crippen LogP contribution in [-0.4, -0.2) is 24.2 Å². The zero-order valence-corrected chi connectivity index (χ0v) is 35.7. The number of nitrogens with zero attached hydrogens (tertiary/aromatic N) is 4. The fourth-order valence-electron chi connectivity index (χ4n) is 9.53. The Kier molecular flexibility index (Phi) is 8.68. The number of fused-ring (bicyclic) bond motifs is 4. The van der Waals surface area contributed by atoms with Crippen LogP contribution in [-0.2, 0) is 0 Å². The zero-order valence-electron chi connectivity index (χ0n) is 38.7. The number of aryl methyl sites for hydroxylation is 1. The first-order valence-electron chi connectivity index (χ1n) is 23.5. The summed E-state index contributed by atoms with van der Waals surface area (Å²) in [7, 11) is 0. The average Bonchev–Trinajstić information content (AvgIpc) is 3.95. The number of aromatic hydroxyl groups is 1. The molecule has 0 spiro atoms. The van der Waals surface area contributed by atoms with E-state index in [1.807, 2.05) is 72.9 Å². The van der Waals surface area contributed by atoms with Gasteiger partial charge in [-0.05, 0) is 107 Å². The van der Waals surface area contributed by atoms with Gasteiger partial charge in [-0.15, -0.1) is 0 Å². The minimum absolute atomic E-state index is 0.0743. The lowest BCUT2D eigenvalue weighted by molar-refractivity contribution is 0.477. The van der Waals surface area contributed by atoms with Crippen molar-refractivity contribution in [2.45, 2.75) is 6.85 Å². The highest BCUT2D eigenvalue weighted by atomic mass is 16.3. The smallest absolute Gasteiger partial charge is 0.149 e. The number of para-hydroxylation sites is 4. The van der Waals surface area contributed by atoms with Crippen molar-refractivity contribution in [3.8, 4) is 84.3 Å². The van der Waals surface area contributed by atoms with Crippen molar-refractivity contribution in [2.75, 3.05) is 0 Å². The number of imidazole rings is 1. The van der Waals surface area contributed by atoms with Crippen LogP contribution in [0.25, 0.3) is 111 Å². The molecule has 66 heavy (non-hydrogen) atoms. The molecule has 5 heteroatoms. The first kappa shape index (κ1) is 35.6. The second-order valence-electron chi connectivity index (χ2n) is 16.5. The van der Waals surface area contributed by atoms with E-state index in [0.717, 1.165) is 88.9 Å². The van der Waals surface area contributed by atoms with E-state index in [2.05, 4.69) is 143 Å². The van der Waals surface area contributed by atoms with Gasteiger partial charge in [-0.2, -0.15) is 0 Å². The standard InChI is InChI=1S/C61H42N4O/c1-40-28-33-56(51(36-40)44-18-7-3-8-19-44)65-57-26-15-24-49(59(57)63-61(65)50-23-12-14-27-58(50)66)53-38-46(37-52-48-22-11-13-25-55(48)64(60(52)53)47-20-9-4-10-21-47)54-39-45(34-35-62-54)43-31-29-42(30-32-43)41-16-5-2-6-17-41/h2-39,66H,1H3/i1D3. The first-order valence-corrected chi connectivity index (χ1v) is 22.0. The lowest BCUT2D eigenvalue weighted by Crippen LogP contribution is -2.01. The van der Waals surface area contributed by atoms with Gasteiger partial charge in [-0.3, -0.25) is 9.55 Å². The quantitative estimate of drug-likeness (QED) is 0.166. The summed E-state index contributed by atoms with van der Waals surface area (Å²) >= 11 is 0. The summed E-state index contributed by atoms with van der Waals surface area (Å²) in [6, 6.07) is 75.3. The summed E-state index contributed by atoms with van der Waals surface area (Å²) in [6.45, 7) is -2.33. The monoisotopic (exact) mass is 849 g/mol. The third kappa shape index (κ3) is 6.65. The summed E-state index contributed by atoms with van der Waals surface area (Å²) in [5.74, 6) is 0.586. The molecule has 0 unspecified atom stereocenters. The van der Waals surface area contributed by atoms with Gasteiger partial charge in [0.1, 0.15) is 11.6 Å². The van der Waals surface area contributed by atoms with Gasteiger partial charge in [0.25, 0.3) is 0 Å². The lowest BCUT2D eigenvalue weighted by atomic mass is 9.95. The summed E-state index contributed by atoms with van der Waals surface area (Å²) in [5, 5.41) is 13.7. The van der Waals surface area contributed by atoms with E-state index in [1.54, 1.807) is 24.3 Å². The summed E-state index contributed by atoms with van der Waals surface area (Å²) in [6.07, 6.45) is 1.88. The third-order valence-electron chi connectivity index (χ3n) is 12.6. The van der Waals surface area contributed by atoms with Crippen LogP contribution >= 0.6 is 0 Å². The number of hydrogen-bond acceptors (Lipinski definition) is 3. The van der Waals surface area contributed by atoms with Crippen LogP contribution in [0.1, 0.15) is 9.68 Å². The molecule has 9 aromatic carbocycles. The minimum Gasteiger partial charge on any atom is -0.507 e. The van der Waals surface area contributed by atoms with Gasteiger partial charge in [-0.25, -0.2) is 4.98 Å². The fourth-order valence-corrected chi connectivity index (χ4v) is 9.53. The Labute approximate surface area is 387 Å². The van der Waals surface area contributed by atoms with Crippen molar-refractivity contribution in [3.63, 3.8) is 0 Å². The molecule has 0 aliphatic rings. The second-order valence-corrected chi connectivity index (χ2v) is 16.5. The topological polar surface area (TPSA) is 55.9 Å². The number of phenols is 1. The van der Waals surface area contributed by atoms with Gasteiger partial charge in [0.15, 0.2) is 0 Å². The van der Waals surface area contributed by atoms with E-state index < -0.39 is 6.85 Å². The predicted octanol–water partition coefficient (Wildman–Crippen LogP) is 15.5. The van der Waals surface area contributed by atoms with Crippen molar-refractivity contribution in [3.05, 3.63) is 236 Å². The van der Waals surface area contributed by atoms with Crippen LogP contribution in [0.3, 0.4) is 0 Å². The van der Waals surface area contributed by atoms with Crippen LogP contribution < -0.4 is 0 Å². The van der Waals surface area contributed by atoms with Crippen LogP contribution in [0.2, 0.25) is 0 Å². The third-order valence-corrected chi connectivity index (χ3v) is 12.6. The fraction of sp³-hybridized carbons (Fsp3) is 0.0164. The largest absolute Gasteiger partial charge is 0.507 e. The molecule has 12 aromatic rings. The van der Waals surface area contributed by atoms with Crippen molar-refractivity contribution >= 4 is 32.8 Å². The highest BCUT2D eigenvalue weighted by molar-refractivity contribution is 6.17. The molecule has 0 bridgehead atoms. The number of rotatable bonds is 8. The molecule has 3 aromatic heterocycles. The molecule has 0 fully saturated rings. The number of phenolic OH excluding ortho intramolecular Hbond substituents is 1. The molecule has 0 radical (unpaired) electrons. The van der Waals surface area contributed by atoms with E-state index in [9.17, 15) is 5.11 Å². The molecular weight excluding hydrogens is 805 g/mol. The number of hydrogen-bond donors (Lipinski definition) is 1. The van der Waals surface area contributed by atoms with Crippen LogP contribution in [0.4, 0.5) is 0 Å². The summed E-state index contributed by atoms with van der Waals surface area (Å²) in [5.41, 5.74) is 15.7. The molecule has 0 amide bonds. The first-order chi connectivity index (χ1) is 33.8. The van der Waals surface area contributed by atoms with Crippen molar-refractivity contribution < 1.29 is 9.22 Å². The molecular formula is C61H42N4O. The maximum atomic E-state index is 11.6. The molecule has 0 saturated heterocycles. The Morgan fingerprint density at radius 2 is 1.09 bits per heavy atom. The van der Waals surface area contributed by atoms with Crippen molar-refractivity contribution in [1.29, 1.82) is 0 Å². The molecule has 3 heterocycles. The Hall–Kier alpha value is -8.80. The normalized spacial score (nSPS) is 12.3. The highest BCUT2D eigenvalue weighted by Gasteiger charge is 2.25. The van der Waals surface area contributed by atoms with Crippen molar-refractivity contribution in [1.82, 2.24) is 19.1 Å². The number of pyridine rings is 1. The van der Waals surface area contributed by atoms with Gasteiger partial charge in [-0.1, -0.05) is 157 Å². The van der Waals surface area contributed by atoms with Gasteiger partial charge >= 0.3 is 0 Å². The van der Waals surface area contributed by atoms with Crippen LogP contribution in [0.15, 0.2) is 231 Å². The maximum absolute atomic E-state index is 11.6. The Bertz CT molecular complexity index is 3880. The Morgan fingerprint density at radius 1 is 0.439 bits per heavy atom. The molecule has 0 saturated carbocycles. The van der Waals surface area contributed by atoms with E-state index >= 15 is 0 Å². The number of aromatic nitrogens is 4. The molecule has 0 aliphatic carbocycles. The van der Waals surface area contributed by atoms with E-state index in [-0.39, 0.29) is 11.3 Å². The second kappa shape index (κ2) is 16.1. The van der Waals surface area contributed by atoms with Gasteiger partial charge in [0.05, 0.1) is 39.0 Å². The molecule has 0 atom stereocenters. The van der Waals surface area contributed by atoms with E-state index in [1.165, 1.54) is 5.56 Å². The van der Waals surface area contributed by atoms with Gasteiger partial charge in [0, 0.05) is 49.0 Å². The van der Waals surface area contributed by atoms with Gasteiger partial charge < -0.3 is 9.67 Å². The molecule has 12 rings (SSSR count). The van der Waals surface area contributed by atoms with Gasteiger partial charge in [0.2, 0.25) is 0 Å². The highest BCUT2D eigenvalue weighted by Crippen LogP contribution is 2.45. The molecule has 0 aliphatic heterocycles. The summed E-state index contributed by atoms with van der Waals surface area (Å²) in [4.78, 5) is 10.5. The summed E-state index contributed by atoms with van der Waals surface area (Å²) < 4.78 is 29.5. The minimum atomic E-state index is -2.33. The van der Waals surface area contributed by atoms with E-state index in [4.69, 9.17) is 14.1 Å². The Balaban J connectivity index is 1.14. The molecule has 312 valence electrons. The predicted molar refractivity (Wildman–Crippen MR) is 272 cm³/mol. The Morgan fingerprint density at radius 3 is 1.86 bits per heavy atom. The molecule has 5 nitrogen and oxygen atoms in total. The van der Waals surface area contributed by atoms with Crippen molar-refractivity contribution in [2.24, 2.45) is 0 Å². The SMILES string of the molecule is [2H]C([2H])([2H])c1ccc(-n2c(-c3ccccc3O)nc3c(-c4cc(-c5cc(-c6ccc(-c7ccccc7)cc6)ccn5)cc5c6ccccc6n(-c6ccccc6)c45)cccc32)c(-c2ccccc2)c1. The van der Waals surface area contributed by atoms with Crippen LogP contribution in [0.5, 0.6) is 5.75 Å². The zero-order chi connectivity index (χ0) is 46.6. The van der Waals surface area contributed by atoms with E-state index in [0.29, 0.717) is 16.9 Å². The number of benzene rings is 9. The maximum Gasteiger partial charge on any atom is 0.149 e. The average molecular weight is 850 g/mol. The lowest BCUT2D eigenvalue weighted by Gasteiger charge is -2.17. The molecule has 1 N–H and O–H groups in total. The van der Waals surface area contributed by atoms with Crippen LogP contribution in [0, 0.1) is 6.85 Å².